The van der Waals surface area contributed by atoms with Gasteiger partial charge < -0.3 is 29.7 Å². The Balaban J connectivity index is 1.65. The molecule has 0 spiro atoms. The van der Waals surface area contributed by atoms with E-state index in [0.29, 0.717) is 43.6 Å². The first kappa shape index (κ1) is 22.6. The number of nitrogens with one attached hydrogen (secondary N) is 1. The van der Waals surface area contributed by atoms with E-state index in [9.17, 15) is 5.11 Å². The van der Waals surface area contributed by atoms with Gasteiger partial charge >= 0.3 is 0 Å². The molecule has 6 heteroatoms. The van der Waals surface area contributed by atoms with E-state index in [4.69, 9.17) is 19.3 Å². The fourth-order valence-corrected chi connectivity index (χ4v) is 2.88. The third-order valence-corrected chi connectivity index (χ3v) is 4.50. The summed E-state index contributed by atoms with van der Waals surface area (Å²) in [6, 6.07) is 25.2. The van der Waals surface area contributed by atoms with Gasteiger partial charge in [-0.05, 0) is 23.3 Å². The molecule has 164 valence electrons. The molecular formula is C25H29NO5. The summed E-state index contributed by atoms with van der Waals surface area (Å²) in [6.45, 7) is 1.76. The van der Waals surface area contributed by atoms with Crippen LogP contribution in [0, 0.1) is 0 Å². The molecule has 0 bridgehead atoms. The fourth-order valence-electron chi connectivity index (χ4n) is 2.88. The zero-order chi connectivity index (χ0) is 21.7. The molecule has 0 radical (unpaired) electrons. The van der Waals surface area contributed by atoms with Crippen molar-refractivity contribution in [1.82, 2.24) is 5.32 Å². The molecule has 0 aliphatic carbocycles. The monoisotopic (exact) mass is 423 g/mol. The molecular weight excluding hydrogens is 394 g/mol. The van der Waals surface area contributed by atoms with Crippen LogP contribution in [-0.4, -0.2) is 42.6 Å². The van der Waals surface area contributed by atoms with Crippen LogP contribution in [0.15, 0.2) is 78.9 Å². The van der Waals surface area contributed by atoms with Crippen molar-refractivity contribution >= 4 is 0 Å². The number of aliphatic hydroxyl groups is 2. The summed E-state index contributed by atoms with van der Waals surface area (Å²) in [5, 5.41) is 21.7. The zero-order valence-electron chi connectivity index (χ0n) is 17.4. The van der Waals surface area contributed by atoms with Crippen molar-refractivity contribution in [2.24, 2.45) is 0 Å². The second-order valence-electron chi connectivity index (χ2n) is 7.05. The first-order valence-electron chi connectivity index (χ1n) is 10.3. The highest BCUT2D eigenvalue weighted by Crippen LogP contribution is 2.33. The van der Waals surface area contributed by atoms with Gasteiger partial charge in [0.25, 0.3) is 0 Å². The van der Waals surface area contributed by atoms with Crippen LogP contribution in [-0.2, 0) is 13.2 Å². The third kappa shape index (κ3) is 7.94. The number of hydrogen-bond donors (Lipinski definition) is 3. The van der Waals surface area contributed by atoms with Crippen molar-refractivity contribution in [1.29, 1.82) is 0 Å². The lowest BCUT2D eigenvalue weighted by atomic mass is 10.2. The minimum atomic E-state index is -0.686. The standard InChI is InChI=1S/C25H29NO5/c27-14-13-26-16-22(28)19-29-23-11-12-24(30-17-20-7-3-1-4-8-20)25(15-23)31-18-21-9-5-2-6-10-21/h1-12,15,22,26-28H,13-14,16-19H2/t22-/m1/s1. The number of rotatable bonds is 13. The molecule has 0 heterocycles. The summed E-state index contributed by atoms with van der Waals surface area (Å²) in [5.41, 5.74) is 2.11. The number of hydrogen-bond acceptors (Lipinski definition) is 6. The topological polar surface area (TPSA) is 80.2 Å². The van der Waals surface area contributed by atoms with Crippen LogP contribution in [0.4, 0.5) is 0 Å². The van der Waals surface area contributed by atoms with Crippen molar-refractivity contribution in [3.05, 3.63) is 90.0 Å². The Kier molecular flexibility index (Phi) is 9.19. The Labute approximate surface area is 183 Å². The normalized spacial score (nSPS) is 11.7. The van der Waals surface area contributed by atoms with E-state index in [2.05, 4.69) is 5.32 Å². The molecule has 3 aromatic carbocycles. The smallest absolute Gasteiger partial charge is 0.165 e. The van der Waals surface area contributed by atoms with Crippen molar-refractivity contribution in [3.63, 3.8) is 0 Å². The predicted octanol–water partition coefficient (Wildman–Crippen LogP) is 3.17. The molecule has 1 atom stereocenters. The van der Waals surface area contributed by atoms with Crippen molar-refractivity contribution in [3.8, 4) is 17.2 Å². The molecule has 0 amide bonds. The maximum absolute atomic E-state index is 10.00. The first-order valence-corrected chi connectivity index (χ1v) is 10.3. The highest BCUT2D eigenvalue weighted by Gasteiger charge is 2.11. The highest BCUT2D eigenvalue weighted by molar-refractivity contribution is 5.46. The van der Waals surface area contributed by atoms with Crippen LogP contribution in [0.2, 0.25) is 0 Å². The minimum Gasteiger partial charge on any atom is -0.491 e. The first-order chi connectivity index (χ1) is 15.2. The molecule has 31 heavy (non-hydrogen) atoms. The Morgan fingerprint density at radius 1 is 0.742 bits per heavy atom. The molecule has 0 saturated heterocycles. The molecule has 3 aromatic rings. The Hall–Kier alpha value is -3.06. The van der Waals surface area contributed by atoms with E-state index < -0.39 is 6.10 Å². The summed E-state index contributed by atoms with van der Waals surface area (Å²) in [6.07, 6.45) is -0.686. The lowest BCUT2D eigenvalue weighted by molar-refractivity contribution is 0.105. The zero-order valence-corrected chi connectivity index (χ0v) is 17.4. The van der Waals surface area contributed by atoms with Gasteiger partial charge in [-0.3, -0.25) is 0 Å². The minimum absolute atomic E-state index is 0.0279. The van der Waals surface area contributed by atoms with Crippen LogP contribution in [0.25, 0.3) is 0 Å². The Bertz CT molecular complexity index is 889. The molecule has 6 nitrogen and oxygen atoms in total. The lowest BCUT2D eigenvalue weighted by Crippen LogP contribution is -2.32. The molecule has 3 rings (SSSR count). The molecule has 0 aliphatic rings. The second kappa shape index (κ2) is 12.6. The predicted molar refractivity (Wildman–Crippen MR) is 119 cm³/mol. The van der Waals surface area contributed by atoms with Crippen molar-refractivity contribution in [2.75, 3.05) is 26.3 Å². The van der Waals surface area contributed by atoms with Gasteiger partial charge in [0.2, 0.25) is 0 Å². The average Bonchev–Trinajstić information content (AvgIpc) is 2.82. The van der Waals surface area contributed by atoms with Gasteiger partial charge in [-0.15, -0.1) is 0 Å². The van der Waals surface area contributed by atoms with Gasteiger partial charge in [-0.25, -0.2) is 0 Å². The summed E-state index contributed by atoms with van der Waals surface area (Å²) in [5.74, 6) is 1.78. The van der Waals surface area contributed by atoms with Crippen LogP contribution in [0.3, 0.4) is 0 Å². The van der Waals surface area contributed by atoms with Crippen LogP contribution >= 0.6 is 0 Å². The lowest BCUT2D eigenvalue weighted by Gasteiger charge is -2.16. The fraction of sp³-hybridized carbons (Fsp3) is 0.280. The summed E-state index contributed by atoms with van der Waals surface area (Å²) in [7, 11) is 0. The summed E-state index contributed by atoms with van der Waals surface area (Å²) < 4.78 is 17.7. The Morgan fingerprint density at radius 3 is 1.97 bits per heavy atom. The van der Waals surface area contributed by atoms with E-state index in [0.717, 1.165) is 11.1 Å². The number of aliphatic hydroxyl groups excluding tert-OH is 2. The van der Waals surface area contributed by atoms with Gasteiger partial charge in [0, 0.05) is 19.2 Å². The maximum Gasteiger partial charge on any atom is 0.165 e. The molecule has 0 unspecified atom stereocenters. The SMILES string of the molecule is OCCNC[C@@H](O)COc1ccc(OCc2ccccc2)c(OCc2ccccc2)c1. The van der Waals surface area contributed by atoms with Crippen molar-refractivity contribution in [2.45, 2.75) is 19.3 Å². The van der Waals surface area contributed by atoms with Gasteiger partial charge in [-0.2, -0.15) is 0 Å². The van der Waals surface area contributed by atoms with Gasteiger partial charge in [0.15, 0.2) is 11.5 Å². The quantitative estimate of drug-likeness (QED) is 0.367. The van der Waals surface area contributed by atoms with Crippen LogP contribution in [0.5, 0.6) is 17.2 Å². The molecule has 0 aliphatic heterocycles. The van der Waals surface area contributed by atoms with Gasteiger partial charge in [-0.1, -0.05) is 60.7 Å². The van der Waals surface area contributed by atoms with Crippen molar-refractivity contribution < 1.29 is 24.4 Å². The highest BCUT2D eigenvalue weighted by atomic mass is 16.5. The molecule has 3 N–H and O–H groups in total. The number of ether oxygens (including phenoxy) is 3. The Morgan fingerprint density at radius 2 is 1.35 bits per heavy atom. The van der Waals surface area contributed by atoms with E-state index in [1.54, 1.807) is 12.1 Å². The van der Waals surface area contributed by atoms with Crippen LogP contribution < -0.4 is 19.5 Å². The van der Waals surface area contributed by atoms with E-state index in [-0.39, 0.29) is 13.2 Å². The van der Waals surface area contributed by atoms with E-state index in [1.807, 2.05) is 66.7 Å². The second-order valence-corrected chi connectivity index (χ2v) is 7.05. The number of benzene rings is 3. The van der Waals surface area contributed by atoms with E-state index in [1.165, 1.54) is 0 Å². The van der Waals surface area contributed by atoms with Gasteiger partial charge in [0.05, 0.1) is 6.61 Å². The summed E-state index contributed by atoms with van der Waals surface area (Å²) in [4.78, 5) is 0. The average molecular weight is 424 g/mol. The third-order valence-electron chi connectivity index (χ3n) is 4.50. The van der Waals surface area contributed by atoms with E-state index >= 15 is 0 Å². The maximum atomic E-state index is 10.00. The van der Waals surface area contributed by atoms with Gasteiger partial charge in [0.1, 0.15) is 31.7 Å². The molecule has 0 aromatic heterocycles. The van der Waals surface area contributed by atoms with Crippen LogP contribution in [0.1, 0.15) is 11.1 Å². The largest absolute Gasteiger partial charge is 0.491 e. The molecule has 0 fully saturated rings. The summed E-state index contributed by atoms with van der Waals surface area (Å²) >= 11 is 0. The molecule has 0 saturated carbocycles.